The number of hydrogen-bond acceptors (Lipinski definition) is 4. The number of thioether (sulfide) groups is 1. The third kappa shape index (κ3) is 4.21. The summed E-state index contributed by atoms with van der Waals surface area (Å²) < 4.78 is 4.98. The molecule has 2 rings (SSSR count). The lowest BCUT2D eigenvalue weighted by Gasteiger charge is -2.12. The van der Waals surface area contributed by atoms with Gasteiger partial charge < -0.3 is 10.1 Å². The number of nitrogens with one attached hydrogen (secondary N) is 1. The molecule has 0 radical (unpaired) electrons. The first-order valence-corrected chi connectivity index (χ1v) is 7.44. The molecule has 106 valence electrons. The lowest BCUT2D eigenvalue weighted by molar-refractivity contribution is -0.119. The second-order valence-corrected chi connectivity index (χ2v) is 5.55. The van der Waals surface area contributed by atoms with Crippen molar-refractivity contribution in [3.05, 3.63) is 36.4 Å². The zero-order chi connectivity index (χ0) is 14.4. The monoisotopic (exact) mass is 290 g/mol. The van der Waals surface area contributed by atoms with E-state index in [-0.39, 0.29) is 11.9 Å². The summed E-state index contributed by atoms with van der Waals surface area (Å²) in [5.74, 6) is 0.355. The van der Waals surface area contributed by atoms with Crippen molar-refractivity contribution in [3.63, 3.8) is 0 Å². The number of hydrogen-bond donors (Lipinski definition) is 1. The molecule has 0 saturated carbocycles. The van der Waals surface area contributed by atoms with E-state index in [0.29, 0.717) is 12.4 Å². The largest absolute Gasteiger partial charge is 0.383 e. The molecule has 1 heterocycles. The van der Waals surface area contributed by atoms with Crippen molar-refractivity contribution in [1.29, 1.82) is 0 Å². The van der Waals surface area contributed by atoms with Gasteiger partial charge in [-0.15, -0.1) is 0 Å². The van der Waals surface area contributed by atoms with Gasteiger partial charge in [0.25, 0.3) is 0 Å². The summed E-state index contributed by atoms with van der Waals surface area (Å²) in [5, 5.41) is 4.84. The van der Waals surface area contributed by atoms with E-state index in [2.05, 4.69) is 10.3 Å². The van der Waals surface area contributed by atoms with Crippen molar-refractivity contribution in [3.8, 4) is 0 Å². The molecule has 0 aliphatic rings. The first-order valence-electron chi connectivity index (χ1n) is 6.46. The summed E-state index contributed by atoms with van der Waals surface area (Å²) in [6.07, 6.45) is 0. The van der Waals surface area contributed by atoms with Crippen molar-refractivity contribution in [2.75, 3.05) is 19.5 Å². The van der Waals surface area contributed by atoms with Crippen LogP contribution in [0, 0.1) is 0 Å². The minimum absolute atomic E-state index is 0.00508. The van der Waals surface area contributed by atoms with E-state index in [9.17, 15) is 4.79 Å². The zero-order valence-electron chi connectivity index (χ0n) is 11.6. The summed E-state index contributed by atoms with van der Waals surface area (Å²) >= 11 is 1.44. The van der Waals surface area contributed by atoms with Gasteiger partial charge in [0.15, 0.2) is 0 Å². The molecule has 1 aromatic heterocycles. The van der Waals surface area contributed by atoms with E-state index in [1.165, 1.54) is 11.8 Å². The Bertz CT molecular complexity index is 589. The fourth-order valence-corrected chi connectivity index (χ4v) is 2.56. The predicted octanol–water partition coefficient (Wildman–Crippen LogP) is 2.48. The lowest BCUT2D eigenvalue weighted by atomic mass is 10.2. The van der Waals surface area contributed by atoms with Gasteiger partial charge in [-0.3, -0.25) is 4.79 Å². The highest BCUT2D eigenvalue weighted by atomic mass is 32.2. The van der Waals surface area contributed by atoms with Crippen LogP contribution in [-0.2, 0) is 9.53 Å². The molecular formula is C15H18N2O2S. The number of ether oxygens (including phenoxy) is 1. The number of methoxy groups -OCH3 is 1. The van der Waals surface area contributed by atoms with Crippen molar-refractivity contribution < 1.29 is 9.53 Å². The van der Waals surface area contributed by atoms with E-state index in [0.717, 1.165) is 15.9 Å². The molecule has 20 heavy (non-hydrogen) atoms. The van der Waals surface area contributed by atoms with Crippen LogP contribution in [0.15, 0.2) is 41.4 Å². The summed E-state index contributed by atoms with van der Waals surface area (Å²) in [6.45, 7) is 2.44. The quantitative estimate of drug-likeness (QED) is 0.830. The van der Waals surface area contributed by atoms with Crippen LogP contribution in [0.25, 0.3) is 10.9 Å². The number of para-hydroxylation sites is 1. The SMILES string of the molecule is COCC(C)NC(=O)CSc1ccc2ccccc2n1. The van der Waals surface area contributed by atoms with Gasteiger partial charge in [-0.25, -0.2) is 4.98 Å². The van der Waals surface area contributed by atoms with Crippen LogP contribution < -0.4 is 5.32 Å². The van der Waals surface area contributed by atoms with Crippen molar-refractivity contribution in [2.45, 2.75) is 18.0 Å². The van der Waals surface area contributed by atoms with Crippen LogP contribution in [0.3, 0.4) is 0 Å². The Balaban J connectivity index is 1.90. The first-order chi connectivity index (χ1) is 9.69. The highest BCUT2D eigenvalue weighted by Gasteiger charge is 2.08. The van der Waals surface area contributed by atoms with E-state index >= 15 is 0 Å². The second-order valence-electron chi connectivity index (χ2n) is 4.55. The van der Waals surface area contributed by atoms with Gasteiger partial charge in [0, 0.05) is 18.5 Å². The van der Waals surface area contributed by atoms with Gasteiger partial charge in [-0.05, 0) is 19.1 Å². The molecule has 0 aliphatic carbocycles. The van der Waals surface area contributed by atoms with Gasteiger partial charge >= 0.3 is 0 Å². The Labute approximate surface area is 122 Å². The minimum atomic E-state index is -0.00508. The molecule has 4 nitrogen and oxygen atoms in total. The van der Waals surface area contributed by atoms with E-state index < -0.39 is 0 Å². The van der Waals surface area contributed by atoms with Crippen LogP contribution >= 0.6 is 11.8 Å². The van der Waals surface area contributed by atoms with Crippen molar-refractivity contribution in [2.24, 2.45) is 0 Å². The molecule has 1 aromatic carbocycles. The number of carbonyl (C=O) groups is 1. The molecule has 0 bridgehead atoms. The van der Waals surface area contributed by atoms with Crippen LogP contribution in [-0.4, -0.2) is 36.4 Å². The number of rotatable bonds is 6. The molecule has 0 saturated heterocycles. The van der Waals surface area contributed by atoms with Crippen LogP contribution in [0.1, 0.15) is 6.92 Å². The lowest BCUT2D eigenvalue weighted by Crippen LogP contribution is -2.36. The smallest absolute Gasteiger partial charge is 0.230 e. The van der Waals surface area contributed by atoms with Crippen LogP contribution in [0.5, 0.6) is 0 Å². The molecule has 5 heteroatoms. The maximum absolute atomic E-state index is 11.7. The van der Waals surface area contributed by atoms with Crippen molar-refractivity contribution >= 4 is 28.6 Å². The Morgan fingerprint density at radius 2 is 2.15 bits per heavy atom. The maximum Gasteiger partial charge on any atom is 0.230 e. The first kappa shape index (κ1) is 14.8. The molecule has 1 atom stereocenters. The van der Waals surface area contributed by atoms with E-state index in [1.54, 1.807) is 7.11 Å². The molecule has 1 unspecified atom stereocenters. The van der Waals surface area contributed by atoms with Crippen LogP contribution in [0.2, 0.25) is 0 Å². The third-order valence-electron chi connectivity index (χ3n) is 2.75. The van der Waals surface area contributed by atoms with Gasteiger partial charge in [0.2, 0.25) is 5.91 Å². The van der Waals surface area contributed by atoms with Gasteiger partial charge in [0.1, 0.15) is 0 Å². The average Bonchev–Trinajstić information content (AvgIpc) is 2.45. The zero-order valence-corrected chi connectivity index (χ0v) is 12.4. The Morgan fingerprint density at radius 1 is 1.35 bits per heavy atom. The Morgan fingerprint density at radius 3 is 2.95 bits per heavy atom. The third-order valence-corrected chi connectivity index (χ3v) is 3.68. The standard InChI is InChI=1S/C15H18N2O2S/c1-11(9-19-2)16-14(18)10-20-15-8-7-12-5-3-4-6-13(12)17-15/h3-8,11H,9-10H2,1-2H3,(H,16,18). The minimum Gasteiger partial charge on any atom is -0.383 e. The maximum atomic E-state index is 11.7. The summed E-state index contributed by atoms with van der Waals surface area (Å²) in [4.78, 5) is 16.3. The van der Waals surface area contributed by atoms with Gasteiger partial charge in [-0.2, -0.15) is 0 Å². The fourth-order valence-electron chi connectivity index (χ4n) is 1.88. The number of fused-ring (bicyclic) bond motifs is 1. The topological polar surface area (TPSA) is 51.2 Å². The van der Waals surface area contributed by atoms with Gasteiger partial charge in [-0.1, -0.05) is 36.0 Å². The molecule has 0 spiro atoms. The molecule has 2 aromatic rings. The Kier molecular flexibility index (Phi) is 5.38. The highest BCUT2D eigenvalue weighted by Crippen LogP contribution is 2.19. The number of pyridine rings is 1. The number of benzene rings is 1. The number of amides is 1. The molecule has 1 N–H and O–H groups in total. The fraction of sp³-hybridized carbons (Fsp3) is 0.333. The molecular weight excluding hydrogens is 272 g/mol. The van der Waals surface area contributed by atoms with Crippen LogP contribution in [0.4, 0.5) is 0 Å². The molecule has 0 aliphatic heterocycles. The van der Waals surface area contributed by atoms with Crippen molar-refractivity contribution in [1.82, 2.24) is 10.3 Å². The van der Waals surface area contributed by atoms with Gasteiger partial charge in [0.05, 0.1) is 22.9 Å². The predicted molar refractivity (Wildman–Crippen MR) is 81.9 cm³/mol. The Hall–Kier alpha value is -1.59. The summed E-state index contributed by atoms with van der Waals surface area (Å²) in [6, 6.07) is 11.9. The number of nitrogens with zero attached hydrogens (tertiary/aromatic N) is 1. The number of carbonyl (C=O) groups excluding carboxylic acids is 1. The highest BCUT2D eigenvalue weighted by molar-refractivity contribution is 7.99. The summed E-state index contributed by atoms with van der Waals surface area (Å²) in [7, 11) is 1.62. The second kappa shape index (κ2) is 7.26. The normalized spacial score (nSPS) is 12.3. The van der Waals surface area contributed by atoms with E-state index in [4.69, 9.17) is 4.74 Å². The van der Waals surface area contributed by atoms with E-state index in [1.807, 2.05) is 43.3 Å². The molecule has 1 amide bonds. The molecule has 0 fully saturated rings. The average molecular weight is 290 g/mol. The number of aromatic nitrogens is 1. The summed E-state index contributed by atoms with van der Waals surface area (Å²) in [5.41, 5.74) is 0.950.